The first-order chi connectivity index (χ1) is 14.6. The average Bonchev–Trinajstić information content (AvgIpc) is 2.77. The maximum absolute atomic E-state index is 13.0. The molecule has 2 aromatic rings. The normalized spacial score (nSPS) is 16.1. The molecule has 1 unspecified atom stereocenters. The Hall–Kier alpha value is -2.71. The molecule has 0 aromatic heterocycles. The Labute approximate surface area is 183 Å². The van der Waals surface area contributed by atoms with Crippen molar-refractivity contribution in [3.63, 3.8) is 0 Å². The molecule has 1 heterocycles. The van der Waals surface area contributed by atoms with Crippen LogP contribution in [0.25, 0.3) is 0 Å². The van der Waals surface area contributed by atoms with Gasteiger partial charge in [0, 0.05) is 31.6 Å². The fourth-order valence-electron chi connectivity index (χ4n) is 3.95. The van der Waals surface area contributed by atoms with Gasteiger partial charge in [0.15, 0.2) is 0 Å². The van der Waals surface area contributed by atoms with Crippen LogP contribution < -0.4 is 5.14 Å². The molecule has 1 atom stereocenters. The van der Waals surface area contributed by atoms with Gasteiger partial charge in [0.25, 0.3) is 5.91 Å². The van der Waals surface area contributed by atoms with Crippen molar-refractivity contribution in [1.82, 2.24) is 9.80 Å². The Balaban J connectivity index is 1.61. The zero-order valence-electron chi connectivity index (χ0n) is 18.1. The number of aryl methyl sites for hydroxylation is 1. The first-order valence-corrected chi connectivity index (χ1v) is 11.9. The molecule has 31 heavy (non-hydrogen) atoms. The van der Waals surface area contributed by atoms with Crippen LogP contribution in [0.3, 0.4) is 0 Å². The number of nitrogens with zero attached hydrogens (tertiary/aromatic N) is 2. The number of primary sulfonamides is 1. The van der Waals surface area contributed by atoms with Crippen LogP contribution in [0.4, 0.5) is 0 Å². The lowest BCUT2D eigenvalue weighted by Gasteiger charge is -2.35. The summed E-state index contributed by atoms with van der Waals surface area (Å²) in [5, 5.41) is 5.15. The molecule has 166 valence electrons. The molecule has 3 rings (SSSR count). The van der Waals surface area contributed by atoms with Crippen LogP contribution in [0, 0.1) is 12.8 Å². The van der Waals surface area contributed by atoms with Crippen LogP contribution in [-0.4, -0.2) is 50.2 Å². The third-order valence-electron chi connectivity index (χ3n) is 6.13. The fraction of sp³-hybridized carbons (Fsp3) is 0.391. The summed E-state index contributed by atoms with van der Waals surface area (Å²) in [6, 6.07) is 13.6. The standard InChI is InChI=1S/C23H29N3O4S/c1-16-6-4-5-7-21(16)23(28)26-14-12-19(13-15-26)22(27)25(3)17(2)18-8-10-20(11-9-18)31(24,29)30/h4-11,17,19H,12-15H2,1-3H3,(H2,24,29,30). The summed E-state index contributed by atoms with van der Waals surface area (Å²) in [4.78, 5) is 29.4. The van der Waals surface area contributed by atoms with Gasteiger partial charge in [0.05, 0.1) is 10.9 Å². The molecule has 8 heteroatoms. The molecule has 1 aliphatic heterocycles. The van der Waals surface area contributed by atoms with E-state index in [0.717, 1.165) is 11.1 Å². The number of piperidine rings is 1. The zero-order valence-corrected chi connectivity index (χ0v) is 18.9. The lowest BCUT2D eigenvalue weighted by atomic mass is 9.93. The number of benzene rings is 2. The molecule has 2 aromatic carbocycles. The molecule has 0 aliphatic carbocycles. The highest BCUT2D eigenvalue weighted by molar-refractivity contribution is 7.89. The molecule has 0 bridgehead atoms. The van der Waals surface area contributed by atoms with Gasteiger partial charge in [0.1, 0.15) is 0 Å². The third kappa shape index (κ3) is 5.14. The van der Waals surface area contributed by atoms with Gasteiger partial charge in [-0.2, -0.15) is 0 Å². The van der Waals surface area contributed by atoms with E-state index in [1.165, 1.54) is 12.1 Å². The first kappa shape index (κ1) is 23.0. The number of carbonyl (C=O) groups is 2. The van der Waals surface area contributed by atoms with E-state index >= 15 is 0 Å². The predicted octanol–water partition coefficient (Wildman–Crippen LogP) is 2.71. The van der Waals surface area contributed by atoms with Crippen molar-refractivity contribution >= 4 is 21.8 Å². The molecule has 2 amide bonds. The summed E-state index contributed by atoms with van der Waals surface area (Å²) in [5.41, 5.74) is 2.49. The van der Waals surface area contributed by atoms with E-state index in [1.54, 1.807) is 24.1 Å². The van der Waals surface area contributed by atoms with Crippen LogP contribution >= 0.6 is 0 Å². The fourth-order valence-corrected chi connectivity index (χ4v) is 4.47. The van der Waals surface area contributed by atoms with Crippen LogP contribution in [0.1, 0.15) is 47.3 Å². The van der Waals surface area contributed by atoms with Crippen molar-refractivity contribution in [2.45, 2.75) is 37.6 Å². The lowest BCUT2D eigenvalue weighted by Crippen LogP contribution is -2.44. The first-order valence-electron chi connectivity index (χ1n) is 10.3. The number of nitrogens with two attached hydrogens (primary N) is 1. The van der Waals surface area contributed by atoms with Crippen LogP contribution in [-0.2, 0) is 14.8 Å². The van der Waals surface area contributed by atoms with Gasteiger partial charge in [-0.15, -0.1) is 0 Å². The molecule has 0 saturated carbocycles. The predicted molar refractivity (Wildman–Crippen MR) is 119 cm³/mol. The summed E-state index contributed by atoms with van der Waals surface area (Å²) in [6.45, 7) is 4.93. The van der Waals surface area contributed by atoms with Crippen LogP contribution in [0.15, 0.2) is 53.4 Å². The highest BCUT2D eigenvalue weighted by Crippen LogP contribution is 2.26. The number of sulfonamides is 1. The van der Waals surface area contributed by atoms with E-state index in [-0.39, 0.29) is 28.7 Å². The molecule has 1 fully saturated rings. The lowest BCUT2D eigenvalue weighted by molar-refractivity contribution is -0.137. The number of likely N-dealkylation sites (tertiary alicyclic amines) is 1. The summed E-state index contributed by atoms with van der Waals surface area (Å²) in [5.74, 6) is -0.0938. The maximum Gasteiger partial charge on any atom is 0.254 e. The van der Waals surface area contributed by atoms with E-state index in [2.05, 4.69) is 0 Å². The van der Waals surface area contributed by atoms with Gasteiger partial charge in [-0.25, -0.2) is 13.6 Å². The van der Waals surface area contributed by atoms with Gasteiger partial charge in [0.2, 0.25) is 15.9 Å². The smallest absolute Gasteiger partial charge is 0.254 e. The quantitative estimate of drug-likeness (QED) is 0.768. The van der Waals surface area contributed by atoms with Gasteiger partial charge < -0.3 is 9.80 Å². The Bertz CT molecular complexity index is 1060. The number of hydrogen-bond acceptors (Lipinski definition) is 4. The van der Waals surface area contributed by atoms with E-state index in [1.807, 2.05) is 43.0 Å². The Morgan fingerprint density at radius 2 is 1.65 bits per heavy atom. The van der Waals surface area contributed by atoms with Crippen molar-refractivity contribution < 1.29 is 18.0 Å². The molecule has 0 spiro atoms. The summed E-state index contributed by atoms with van der Waals surface area (Å²) in [7, 11) is -1.99. The monoisotopic (exact) mass is 443 g/mol. The summed E-state index contributed by atoms with van der Waals surface area (Å²) < 4.78 is 22.9. The largest absolute Gasteiger partial charge is 0.339 e. The second-order valence-corrected chi connectivity index (χ2v) is 9.68. The molecule has 7 nitrogen and oxygen atoms in total. The number of hydrogen-bond donors (Lipinski definition) is 1. The molecule has 0 radical (unpaired) electrons. The van der Waals surface area contributed by atoms with Gasteiger partial charge in [-0.05, 0) is 56.0 Å². The minimum atomic E-state index is -3.75. The summed E-state index contributed by atoms with van der Waals surface area (Å²) >= 11 is 0. The van der Waals surface area contributed by atoms with Gasteiger partial charge in [-0.3, -0.25) is 9.59 Å². The van der Waals surface area contributed by atoms with Crippen molar-refractivity contribution in [2.75, 3.05) is 20.1 Å². The minimum absolute atomic E-state index is 0.0145. The number of amides is 2. The van der Waals surface area contributed by atoms with Crippen molar-refractivity contribution in [2.24, 2.45) is 11.1 Å². The Morgan fingerprint density at radius 1 is 1.06 bits per heavy atom. The van der Waals surface area contributed by atoms with E-state index in [9.17, 15) is 18.0 Å². The third-order valence-corrected chi connectivity index (χ3v) is 7.06. The highest BCUT2D eigenvalue weighted by atomic mass is 32.2. The highest BCUT2D eigenvalue weighted by Gasteiger charge is 2.31. The minimum Gasteiger partial charge on any atom is -0.339 e. The zero-order chi connectivity index (χ0) is 22.8. The summed E-state index contributed by atoms with van der Waals surface area (Å²) in [6.07, 6.45) is 1.25. The number of rotatable bonds is 5. The van der Waals surface area contributed by atoms with Gasteiger partial charge >= 0.3 is 0 Å². The molecule has 2 N–H and O–H groups in total. The SMILES string of the molecule is Cc1ccccc1C(=O)N1CCC(C(=O)N(C)C(C)c2ccc(S(N)(=O)=O)cc2)CC1. The molecular weight excluding hydrogens is 414 g/mol. The number of carbonyl (C=O) groups excluding carboxylic acids is 2. The van der Waals surface area contributed by atoms with Crippen molar-refractivity contribution in [3.8, 4) is 0 Å². The second-order valence-electron chi connectivity index (χ2n) is 8.12. The average molecular weight is 444 g/mol. The van der Waals surface area contributed by atoms with Gasteiger partial charge in [-0.1, -0.05) is 30.3 Å². The van der Waals surface area contributed by atoms with Crippen LogP contribution in [0.2, 0.25) is 0 Å². The van der Waals surface area contributed by atoms with Crippen molar-refractivity contribution in [1.29, 1.82) is 0 Å². The second kappa shape index (κ2) is 9.20. The van der Waals surface area contributed by atoms with E-state index in [0.29, 0.717) is 31.5 Å². The van der Waals surface area contributed by atoms with Crippen molar-refractivity contribution in [3.05, 3.63) is 65.2 Å². The Morgan fingerprint density at radius 3 is 2.19 bits per heavy atom. The topological polar surface area (TPSA) is 101 Å². The van der Waals surface area contributed by atoms with Crippen LogP contribution in [0.5, 0.6) is 0 Å². The molecule has 1 saturated heterocycles. The Kier molecular flexibility index (Phi) is 6.81. The molecular formula is C23H29N3O4S. The maximum atomic E-state index is 13.0. The molecule has 1 aliphatic rings. The van der Waals surface area contributed by atoms with E-state index in [4.69, 9.17) is 5.14 Å². The van der Waals surface area contributed by atoms with E-state index < -0.39 is 10.0 Å².